The minimum absolute atomic E-state index is 0.168. The summed E-state index contributed by atoms with van der Waals surface area (Å²) in [4.78, 5) is 20.1. The van der Waals surface area contributed by atoms with Crippen LogP contribution in [0.5, 0.6) is 0 Å². The molecule has 0 saturated heterocycles. The molecule has 0 heterocycles. The van der Waals surface area contributed by atoms with Crippen molar-refractivity contribution in [3.8, 4) is 0 Å². The fourth-order valence-electron chi connectivity index (χ4n) is 0.801. The third-order valence-electron chi connectivity index (χ3n) is 2.11. The summed E-state index contributed by atoms with van der Waals surface area (Å²) in [5.74, 6) is -1.00. The van der Waals surface area contributed by atoms with Gasteiger partial charge in [-0.3, -0.25) is 4.79 Å². The Morgan fingerprint density at radius 3 is 1.60 bits per heavy atom. The normalized spacial score (nSPS) is 18.0. The summed E-state index contributed by atoms with van der Waals surface area (Å²) < 4.78 is 0. The van der Waals surface area contributed by atoms with E-state index in [2.05, 4.69) is 0 Å². The van der Waals surface area contributed by atoms with Crippen LogP contribution in [0, 0.1) is 0 Å². The van der Waals surface area contributed by atoms with E-state index in [1.165, 1.54) is 0 Å². The molecule has 0 radical (unpaired) electrons. The summed E-state index contributed by atoms with van der Waals surface area (Å²) in [5.41, 5.74) is 0. The maximum Gasteiger partial charge on any atom is 0.189 e. The van der Waals surface area contributed by atoms with Crippen molar-refractivity contribution in [3.63, 3.8) is 0 Å². The molecule has 10 nitrogen and oxygen atoms in total. The zero-order chi connectivity index (χ0) is 16.3. The minimum Gasteiger partial charge on any atom is -0.394 e. The van der Waals surface area contributed by atoms with Crippen molar-refractivity contribution in [2.75, 3.05) is 19.8 Å². The molecule has 120 valence electrons. The molecule has 0 aromatic heterocycles. The largest absolute Gasteiger partial charge is 0.394 e. The zero-order valence-corrected chi connectivity index (χ0v) is 10.5. The van der Waals surface area contributed by atoms with Gasteiger partial charge in [0.15, 0.2) is 12.1 Å². The zero-order valence-electron chi connectivity index (χ0n) is 10.5. The number of hydrogen-bond donors (Lipinski definition) is 8. The van der Waals surface area contributed by atoms with Crippen LogP contribution in [0.4, 0.5) is 0 Å². The number of Topliss-reactive ketones (excluding diaryl/α,β-unsaturated/α-hetero) is 1. The van der Waals surface area contributed by atoms with Crippen molar-refractivity contribution < 1.29 is 50.4 Å². The average Bonchev–Trinajstić information content (AvgIpc) is 2.50. The van der Waals surface area contributed by atoms with Crippen LogP contribution in [0.1, 0.15) is 0 Å². The van der Waals surface area contributed by atoms with Gasteiger partial charge in [0.1, 0.15) is 37.1 Å². The fraction of sp³-hybridized carbons (Fsp3) is 0.800. The van der Waals surface area contributed by atoms with E-state index in [1.54, 1.807) is 0 Å². The molecule has 0 aliphatic heterocycles. The molecule has 0 aromatic rings. The molecule has 0 unspecified atom stereocenters. The molecule has 20 heavy (non-hydrogen) atoms. The van der Waals surface area contributed by atoms with Crippen molar-refractivity contribution in [2.45, 2.75) is 30.5 Å². The Morgan fingerprint density at radius 2 is 1.35 bits per heavy atom. The van der Waals surface area contributed by atoms with Gasteiger partial charge in [0.2, 0.25) is 0 Å². The number of rotatable bonds is 8. The Kier molecular flexibility index (Phi) is 12.6. The van der Waals surface area contributed by atoms with Gasteiger partial charge in [-0.25, -0.2) is 0 Å². The lowest BCUT2D eigenvalue weighted by molar-refractivity contribution is -0.142. The molecule has 5 atom stereocenters. The molecule has 8 N–H and O–H groups in total. The van der Waals surface area contributed by atoms with E-state index in [4.69, 9.17) is 40.9 Å². The smallest absolute Gasteiger partial charge is 0.189 e. The number of aliphatic hydroxyl groups is 8. The van der Waals surface area contributed by atoms with E-state index in [-0.39, 0.29) is 6.29 Å². The predicted molar refractivity (Wildman–Crippen MR) is 62.4 cm³/mol. The van der Waals surface area contributed by atoms with Crippen LogP contribution in [0.3, 0.4) is 0 Å². The lowest BCUT2D eigenvalue weighted by Crippen LogP contribution is -2.44. The number of carbonyl (C=O) groups excluding carboxylic acids is 2. The topological polar surface area (TPSA) is 196 Å². The highest BCUT2D eigenvalue weighted by atomic mass is 16.4. The van der Waals surface area contributed by atoms with E-state index >= 15 is 0 Å². The molecule has 0 amide bonds. The van der Waals surface area contributed by atoms with Crippen LogP contribution < -0.4 is 0 Å². The Bertz CT molecular complexity index is 271. The highest BCUT2D eigenvalue weighted by molar-refractivity contribution is 5.84. The Hall–Kier alpha value is -0.980. The highest BCUT2D eigenvalue weighted by Gasteiger charge is 2.28. The molecular formula is C10H20O10. The number of aldehydes is 1. The molecule has 0 aliphatic carbocycles. The minimum atomic E-state index is -1.86. The van der Waals surface area contributed by atoms with Crippen LogP contribution in [-0.4, -0.2) is 103 Å². The van der Waals surface area contributed by atoms with Gasteiger partial charge in [-0.2, -0.15) is 0 Å². The van der Waals surface area contributed by atoms with Crippen LogP contribution >= 0.6 is 0 Å². The van der Waals surface area contributed by atoms with Crippen molar-refractivity contribution in [2.24, 2.45) is 0 Å². The molecule has 0 bridgehead atoms. The summed E-state index contributed by atoms with van der Waals surface area (Å²) in [6, 6.07) is 0. The maximum absolute atomic E-state index is 10.5. The van der Waals surface area contributed by atoms with Crippen molar-refractivity contribution in [1.82, 2.24) is 0 Å². The van der Waals surface area contributed by atoms with Gasteiger partial charge in [0, 0.05) is 0 Å². The summed E-state index contributed by atoms with van der Waals surface area (Å²) in [6.07, 6.45) is -7.85. The fourth-order valence-corrected chi connectivity index (χ4v) is 0.801. The number of ketones is 1. The monoisotopic (exact) mass is 300 g/mol. The van der Waals surface area contributed by atoms with E-state index in [0.717, 1.165) is 0 Å². The maximum atomic E-state index is 10.5. The van der Waals surface area contributed by atoms with Gasteiger partial charge in [-0.05, 0) is 0 Å². The van der Waals surface area contributed by atoms with Crippen molar-refractivity contribution in [1.29, 1.82) is 0 Å². The molecule has 10 heteroatoms. The van der Waals surface area contributed by atoms with Gasteiger partial charge in [-0.15, -0.1) is 0 Å². The first kappa shape index (κ1) is 21.3. The van der Waals surface area contributed by atoms with E-state index in [9.17, 15) is 9.59 Å². The predicted octanol–water partition coefficient (Wildman–Crippen LogP) is -5.48. The molecule has 0 rings (SSSR count). The second-order valence-electron chi connectivity index (χ2n) is 3.69. The summed E-state index contributed by atoms with van der Waals surface area (Å²) >= 11 is 0. The molecule has 0 fully saturated rings. The van der Waals surface area contributed by atoms with Crippen LogP contribution in [0.2, 0.25) is 0 Å². The van der Waals surface area contributed by atoms with Crippen molar-refractivity contribution in [3.05, 3.63) is 0 Å². The second kappa shape index (κ2) is 11.8. The number of carbonyl (C=O) groups is 2. The standard InChI is InChI=1S/C6H12O6.C4H8O4/c7-1-3(9)5(11)6(12)4(10)2-8;5-1-3(7)4(8)2-6/h3,5-9,11-12H,1-2H2;1,3-4,6-8H,2H2/t3-,5+,6+;3-,4-/m11/s1. The van der Waals surface area contributed by atoms with E-state index in [1.807, 2.05) is 0 Å². The van der Waals surface area contributed by atoms with Gasteiger partial charge in [0.05, 0.1) is 13.2 Å². The van der Waals surface area contributed by atoms with Crippen LogP contribution in [0.15, 0.2) is 0 Å². The van der Waals surface area contributed by atoms with E-state index < -0.39 is 56.1 Å². The Labute approximate surface area is 114 Å². The Balaban J connectivity index is 0. The van der Waals surface area contributed by atoms with Crippen LogP contribution in [-0.2, 0) is 9.59 Å². The third kappa shape index (κ3) is 8.24. The summed E-state index contributed by atoms with van der Waals surface area (Å²) in [7, 11) is 0. The third-order valence-corrected chi connectivity index (χ3v) is 2.11. The lowest BCUT2D eigenvalue weighted by atomic mass is 10.1. The average molecular weight is 300 g/mol. The van der Waals surface area contributed by atoms with Crippen molar-refractivity contribution >= 4 is 12.1 Å². The highest BCUT2D eigenvalue weighted by Crippen LogP contribution is 2.00. The molecule has 0 aromatic carbocycles. The van der Waals surface area contributed by atoms with Gasteiger partial charge < -0.3 is 45.6 Å². The summed E-state index contributed by atoms with van der Waals surface area (Å²) in [5, 5.41) is 67.9. The second-order valence-corrected chi connectivity index (χ2v) is 3.69. The first-order chi connectivity index (χ1) is 9.26. The molecular weight excluding hydrogens is 280 g/mol. The Morgan fingerprint density at radius 1 is 0.900 bits per heavy atom. The first-order valence-electron chi connectivity index (χ1n) is 5.47. The summed E-state index contributed by atoms with van der Waals surface area (Å²) in [6.45, 7) is -2.28. The first-order valence-corrected chi connectivity index (χ1v) is 5.47. The molecule has 0 aliphatic rings. The SMILES string of the molecule is O=C(CO)[C@H](O)[C@@H](O)[C@H](O)CO.O=C[C@@H](O)[C@H](O)CO. The quantitative estimate of drug-likeness (QED) is 0.200. The van der Waals surface area contributed by atoms with Gasteiger partial charge in [0.25, 0.3) is 0 Å². The number of hydrogen-bond acceptors (Lipinski definition) is 10. The number of aliphatic hydroxyl groups excluding tert-OH is 8. The van der Waals surface area contributed by atoms with Gasteiger partial charge in [-0.1, -0.05) is 0 Å². The van der Waals surface area contributed by atoms with Gasteiger partial charge >= 0.3 is 0 Å². The van der Waals surface area contributed by atoms with Crippen LogP contribution in [0.25, 0.3) is 0 Å². The lowest BCUT2D eigenvalue weighted by Gasteiger charge is -2.19. The van der Waals surface area contributed by atoms with E-state index in [0.29, 0.717) is 0 Å². The molecule has 0 spiro atoms. The molecule has 0 saturated carbocycles.